The summed E-state index contributed by atoms with van der Waals surface area (Å²) in [5.74, 6) is 0.331. The van der Waals surface area contributed by atoms with Crippen LogP contribution in [0.1, 0.15) is 5.56 Å². The Morgan fingerprint density at radius 3 is 0.875 bits per heavy atom. The van der Waals surface area contributed by atoms with Crippen molar-refractivity contribution >= 4 is 9.24 Å². The number of benzene rings is 1. The number of hydrogen-bond donors (Lipinski definition) is 1. The molecular weight excluding hydrogens is 2890 g/mol. The van der Waals surface area contributed by atoms with Crippen molar-refractivity contribution in [2.75, 3.05) is 0 Å². The summed E-state index contributed by atoms with van der Waals surface area (Å²) in [4.78, 5) is 0. The molecule has 1 rings (SSSR count). The predicted octanol–water partition coefficient (Wildman–Crippen LogP) is 1.73. The Morgan fingerprint density at radius 1 is 0.500 bits per heavy atom. The van der Waals surface area contributed by atoms with Crippen molar-refractivity contribution in [1.29, 1.82) is 0 Å². The van der Waals surface area contributed by atoms with E-state index in [-0.39, 0.29) is 316 Å². The molecule has 17 heteroatoms. The van der Waals surface area contributed by atoms with Crippen molar-refractivity contribution in [3.63, 3.8) is 0 Å². The van der Waals surface area contributed by atoms with E-state index >= 15 is 0 Å². The van der Waals surface area contributed by atoms with Gasteiger partial charge in [-0.25, -0.2) is 0 Å². The van der Waals surface area contributed by atoms with Gasteiger partial charge in [0.1, 0.15) is 5.75 Å². The quantitative estimate of drug-likeness (QED) is 0.426. The summed E-state index contributed by atoms with van der Waals surface area (Å²) in [6, 6.07) is 7.20. The maximum Gasteiger partial charge on any atom is 0.115 e. The van der Waals surface area contributed by atoms with E-state index in [2.05, 4.69) is 9.24 Å². The van der Waals surface area contributed by atoms with E-state index in [1.807, 2.05) is 12.1 Å². The molecule has 0 saturated carbocycles. The molecule has 0 aliphatic heterocycles. The molecule has 1 N–H and O–H groups in total. The van der Waals surface area contributed by atoms with Gasteiger partial charge in [0.05, 0.1) is 0 Å². The molecule has 0 bridgehead atoms. The number of aromatic hydroxyl groups is 1. The second-order valence-corrected chi connectivity index (χ2v) is 2.28. The molecule has 1 aromatic rings. The summed E-state index contributed by atoms with van der Waals surface area (Å²) in [5.41, 5.74) is 1.22. The molecule has 0 aliphatic carbocycles. The van der Waals surface area contributed by atoms with Crippen LogP contribution in [-0.2, 0) is 322 Å². The molecule has 0 saturated heterocycles. The van der Waals surface area contributed by atoms with Crippen LogP contribution in [0.25, 0.3) is 0 Å². The van der Waals surface area contributed by atoms with Gasteiger partial charge in [-0.05, 0) is 23.9 Å². The van der Waals surface area contributed by atoms with Crippen molar-refractivity contribution in [3.8, 4) is 5.75 Å². The van der Waals surface area contributed by atoms with E-state index < -0.39 is 0 Å². The molecule has 138 valence electrons. The van der Waals surface area contributed by atoms with E-state index in [1.54, 1.807) is 12.1 Å². The fraction of sp³-hybridized carbons (Fsp3) is 0.143. The molecule has 1 nitrogen and oxygen atoms in total. The van der Waals surface area contributed by atoms with E-state index in [0.29, 0.717) is 5.75 Å². The third kappa shape index (κ3) is 63.5. The SMILES string of the molecule is Oc1ccc(CP)cc1.[W].[W].[W].[W].[W].[W].[W].[W].[W].[W].[W].[W].[W].[W].[W]. The van der Waals surface area contributed by atoms with Gasteiger partial charge in [-0.2, -0.15) is 0 Å². The van der Waals surface area contributed by atoms with Crippen LogP contribution in [0.4, 0.5) is 0 Å². The zero-order chi connectivity index (χ0) is 6.69. The topological polar surface area (TPSA) is 20.2 Å². The molecule has 0 aliphatic rings. The Hall–Kier alpha value is 9.77. The molecule has 1 atom stereocenters. The molecule has 0 radical (unpaired) electrons. The first-order valence-electron chi connectivity index (χ1n) is 2.81. The van der Waals surface area contributed by atoms with Crippen LogP contribution in [0.5, 0.6) is 5.75 Å². The van der Waals surface area contributed by atoms with Crippen molar-refractivity contribution in [3.05, 3.63) is 29.8 Å². The van der Waals surface area contributed by atoms with Crippen LogP contribution in [-0.4, -0.2) is 5.11 Å². The van der Waals surface area contributed by atoms with Crippen LogP contribution >= 0.6 is 9.24 Å². The zero-order valence-electron chi connectivity index (χ0n) is 11.2. The minimum absolute atomic E-state index is 0. The molecular formula is C7H9OPW15. The van der Waals surface area contributed by atoms with E-state index in [9.17, 15) is 0 Å². The molecule has 0 spiro atoms. The van der Waals surface area contributed by atoms with Crippen LogP contribution in [0.3, 0.4) is 0 Å². The minimum atomic E-state index is 0. The van der Waals surface area contributed by atoms with Gasteiger partial charge in [0, 0.05) is 316 Å². The van der Waals surface area contributed by atoms with Gasteiger partial charge in [-0.15, -0.1) is 9.24 Å². The van der Waals surface area contributed by atoms with Crippen LogP contribution in [0, 0.1) is 0 Å². The fourth-order valence-corrected chi connectivity index (χ4v) is 0.904. The summed E-state index contributed by atoms with van der Waals surface area (Å²) in [6.07, 6.45) is 0.945. The number of rotatable bonds is 1. The zero-order valence-corrected chi connectivity index (χ0v) is 56.3. The fourth-order valence-electron chi connectivity index (χ4n) is 0.632. The first kappa shape index (κ1) is 103. The van der Waals surface area contributed by atoms with Gasteiger partial charge >= 0.3 is 0 Å². The maximum absolute atomic E-state index is 8.85. The number of phenolic OH excluding ortho intramolecular Hbond substituents is 1. The van der Waals surface area contributed by atoms with Crippen molar-refractivity contribution in [2.45, 2.75) is 6.16 Å². The molecule has 24 heavy (non-hydrogen) atoms. The summed E-state index contributed by atoms with van der Waals surface area (Å²) in [6.45, 7) is 0. The Labute approximate surface area is 363 Å². The standard InChI is InChI=1S/C7H9OP.15W/c8-7-3-1-6(5-9)2-4-7;;;;;;;;;;;;;;;/h1-4,8H,5,9H2;;;;;;;;;;;;;;;. The summed E-state index contributed by atoms with van der Waals surface area (Å²) >= 11 is 0. The molecule has 0 fully saturated rings. The summed E-state index contributed by atoms with van der Waals surface area (Å²) < 4.78 is 0. The van der Waals surface area contributed by atoms with Crippen molar-refractivity contribution in [1.82, 2.24) is 0 Å². The maximum atomic E-state index is 8.85. The van der Waals surface area contributed by atoms with Crippen LogP contribution in [0.2, 0.25) is 0 Å². The second-order valence-electron chi connectivity index (χ2n) is 1.87. The van der Waals surface area contributed by atoms with Gasteiger partial charge in [0.25, 0.3) is 0 Å². The van der Waals surface area contributed by atoms with Gasteiger partial charge in [0.15, 0.2) is 0 Å². The Kier molecular flexibility index (Phi) is 329. The van der Waals surface area contributed by atoms with Crippen LogP contribution in [0.15, 0.2) is 24.3 Å². The molecule has 0 amide bonds. The van der Waals surface area contributed by atoms with Gasteiger partial charge in [0.2, 0.25) is 0 Å². The first-order chi connectivity index (χ1) is 4.33. The Balaban J connectivity index is -0.00000000415. The van der Waals surface area contributed by atoms with Crippen LogP contribution < -0.4 is 0 Å². The molecule has 0 heterocycles. The average molecular weight is 2900 g/mol. The molecule has 1 unspecified atom stereocenters. The monoisotopic (exact) mass is 2900 g/mol. The largest absolute Gasteiger partial charge is 0.508 e. The third-order valence-corrected chi connectivity index (χ3v) is 1.64. The van der Waals surface area contributed by atoms with Crippen molar-refractivity contribution < 1.29 is 321 Å². The third-order valence-electron chi connectivity index (χ3n) is 1.17. The van der Waals surface area contributed by atoms with Gasteiger partial charge in [-0.3, -0.25) is 0 Å². The molecule has 1 aromatic carbocycles. The number of hydrogen-bond acceptors (Lipinski definition) is 1. The average Bonchev–Trinajstić information content (AvgIpc) is 1.90. The van der Waals surface area contributed by atoms with E-state index in [0.717, 1.165) is 6.16 Å². The van der Waals surface area contributed by atoms with E-state index in [1.165, 1.54) is 5.56 Å². The summed E-state index contributed by atoms with van der Waals surface area (Å²) in [5, 5.41) is 8.85. The first-order valence-corrected chi connectivity index (χ1v) is 3.62. The van der Waals surface area contributed by atoms with Gasteiger partial charge < -0.3 is 5.11 Å². The molecule has 0 aromatic heterocycles. The second kappa shape index (κ2) is 76.7. The predicted molar refractivity (Wildman–Crippen MR) is 41.5 cm³/mol. The Bertz CT molecular complexity index is 204. The normalized spacial score (nSPS) is 3.54. The Morgan fingerprint density at radius 2 is 0.708 bits per heavy atom. The summed E-state index contributed by atoms with van der Waals surface area (Å²) in [7, 11) is 2.63. The van der Waals surface area contributed by atoms with E-state index in [4.69, 9.17) is 5.11 Å². The van der Waals surface area contributed by atoms with Crippen molar-refractivity contribution in [2.24, 2.45) is 0 Å². The minimum Gasteiger partial charge on any atom is -0.508 e. The van der Waals surface area contributed by atoms with Gasteiger partial charge in [-0.1, -0.05) is 12.1 Å². The smallest absolute Gasteiger partial charge is 0.115 e. The number of phenols is 1.